The second-order valence-corrected chi connectivity index (χ2v) is 7.80. The molecule has 1 aromatic heterocycles. The first kappa shape index (κ1) is 18.5. The average molecular weight is 398 g/mol. The monoisotopic (exact) mass is 397 g/mol. The van der Waals surface area contributed by atoms with E-state index in [2.05, 4.69) is 20.6 Å². The van der Waals surface area contributed by atoms with Crippen LogP contribution < -0.4 is 15.4 Å². The van der Waals surface area contributed by atoms with Crippen molar-refractivity contribution in [2.45, 2.75) is 25.7 Å². The summed E-state index contributed by atoms with van der Waals surface area (Å²) in [5.41, 5.74) is 0.673. The van der Waals surface area contributed by atoms with Crippen LogP contribution in [-0.4, -0.2) is 22.6 Å². The number of ether oxygens (including phenoxy) is 1. The molecule has 8 heteroatoms. The van der Waals surface area contributed by atoms with Gasteiger partial charge in [0.25, 0.3) is 0 Å². The summed E-state index contributed by atoms with van der Waals surface area (Å²) in [6.45, 7) is 0.653. The van der Waals surface area contributed by atoms with E-state index < -0.39 is 6.03 Å². The number of carbonyl (C=O) groups is 1. The maximum atomic E-state index is 12.3. The Kier molecular flexibility index (Phi) is 5.31. The molecule has 2 amide bonds. The summed E-state index contributed by atoms with van der Waals surface area (Å²) in [4.78, 5) is 20.1. The van der Waals surface area contributed by atoms with Crippen molar-refractivity contribution in [3.63, 3.8) is 0 Å². The van der Waals surface area contributed by atoms with Crippen molar-refractivity contribution in [3.05, 3.63) is 41.3 Å². The van der Waals surface area contributed by atoms with E-state index in [1.807, 2.05) is 6.07 Å². The molecule has 1 aromatic carbocycles. The third-order valence-corrected chi connectivity index (χ3v) is 5.77. The van der Waals surface area contributed by atoms with Gasteiger partial charge in [0.1, 0.15) is 11.8 Å². The molecule has 2 saturated carbocycles. The first-order valence-electron chi connectivity index (χ1n) is 9.33. The Bertz CT molecular complexity index is 912. The fraction of sp³-hybridized carbons (Fsp3) is 0.400. The van der Waals surface area contributed by atoms with Gasteiger partial charge in [-0.25, -0.2) is 14.8 Å². The zero-order valence-electron chi connectivity index (χ0n) is 15.2. The maximum Gasteiger partial charge on any atom is 0.325 e. The summed E-state index contributed by atoms with van der Waals surface area (Å²) in [6, 6.07) is 6.55. The predicted octanol–water partition coefficient (Wildman–Crippen LogP) is 4.46. The molecule has 0 saturated heterocycles. The molecule has 2 bridgehead atoms. The summed E-state index contributed by atoms with van der Waals surface area (Å²) >= 11 is 6.09. The molecule has 28 heavy (non-hydrogen) atoms. The minimum absolute atomic E-state index is 0.178. The zero-order chi connectivity index (χ0) is 19.5. The molecule has 1 heterocycles. The van der Waals surface area contributed by atoms with Gasteiger partial charge in [-0.2, -0.15) is 5.26 Å². The van der Waals surface area contributed by atoms with Crippen molar-refractivity contribution in [3.8, 4) is 11.8 Å². The fourth-order valence-corrected chi connectivity index (χ4v) is 4.40. The van der Waals surface area contributed by atoms with Gasteiger partial charge in [-0.3, -0.25) is 5.32 Å². The number of rotatable bonds is 5. The molecule has 2 fully saturated rings. The lowest BCUT2D eigenvalue weighted by molar-refractivity contribution is 0.196. The van der Waals surface area contributed by atoms with Gasteiger partial charge in [0.15, 0.2) is 11.5 Å². The second-order valence-electron chi connectivity index (χ2n) is 7.36. The smallest absolute Gasteiger partial charge is 0.325 e. The van der Waals surface area contributed by atoms with Crippen LogP contribution in [0, 0.1) is 29.1 Å². The SMILES string of the molecule is N#Cc1cnc(NC(=O)Nc2cc(Cl)ccc2OCC2C[C@H]3CC[C@H]2C3)cn1. The molecule has 0 radical (unpaired) electrons. The van der Waals surface area contributed by atoms with Crippen molar-refractivity contribution < 1.29 is 9.53 Å². The summed E-state index contributed by atoms with van der Waals surface area (Å²) in [5, 5.41) is 14.6. The molecule has 144 valence electrons. The third kappa shape index (κ3) is 4.18. The predicted molar refractivity (Wildman–Crippen MR) is 105 cm³/mol. The molecule has 0 spiro atoms. The third-order valence-electron chi connectivity index (χ3n) is 5.54. The summed E-state index contributed by atoms with van der Waals surface area (Å²) in [5.74, 6) is 3.05. The van der Waals surface area contributed by atoms with E-state index in [0.717, 1.165) is 11.8 Å². The minimum Gasteiger partial charge on any atom is -0.491 e. The molecule has 1 unspecified atom stereocenters. The van der Waals surface area contributed by atoms with Crippen LogP contribution in [0.5, 0.6) is 5.75 Å². The molecule has 2 N–H and O–H groups in total. The van der Waals surface area contributed by atoms with E-state index in [-0.39, 0.29) is 11.5 Å². The number of aromatic nitrogens is 2. The van der Waals surface area contributed by atoms with E-state index in [9.17, 15) is 4.79 Å². The standard InChI is InChI=1S/C20H20ClN5O2/c21-15-3-4-18(28-11-14-6-12-1-2-13(14)5-12)17(7-15)25-20(27)26-19-10-23-16(8-22)9-24-19/h3-4,7,9-10,12-14H,1-2,5-6,11H2,(H2,24,25,26,27)/t12-,13-,14?/m0/s1. The van der Waals surface area contributed by atoms with Crippen LogP contribution in [0.25, 0.3) is 0 Å². The van der Waals surface area contributed by atoms with Gasteiger partial charge in [0.2, 0.25) is 0 Å². The number of hydrogen-bond donors (Lipinski definition) is 2. The highest BCUT2D eigenvalue weighted by atomic mass is 35.5. The summed E-state index contributed by atoms with van der Waals surface area (Å²) in [6.07, 6.45) is 7.83. The van der Waals surface area contributed by atoms with Gasteiger partial charge in [0, 0.05) is 5.02 Å². The lowest BCUT2D eigenvalue weighted by atomic mass is 9.89. The quantitative estimate of drug-likeness (QED) is 0.775. The van der Waals surface area contributed by atoms with Gasteiger partial charge in [-0.15, -0.1) is 0 Å². The molecule has 7 nitrogen and oxygen atoms in total. The van der Waals surface area contributed by atoms with Crippen molar-refractivity contribution in [2.24, 2.45) is 17.8 Å². The van der Waals surface area contributed by atoms with E-state index in [1.54, 1.807) is 18.2 Å². The van der Waals surface area contributed by atoms with Crippen LogP contribution in [0.4, 0.5) is 16.3 Å². The molecule has 0 aliphatic heterocycles. The number of fused-ring (bicyclic) bond motifs is 2. The molecule has 4 rings (SSSR count). The Balaban J connectivity index is 1.39. The van der Waals surface area contributed by atoms with Crippen molar-refractivity contribution in [2.75, 3.05) is 17.2 Å². The van der Waals surface area contributed by atoms with Crippen LogP contribution in [0.2, 0.25) is 5.02 Å². The Labute approximate surface area is 168 Å². The van der Waals surface area contributed by atoms with Crippen LogP contribution in [0.15, 0.2) is 30.6 Å². The van der Waals surface area contributed by atoms with E-state index in [4.69, 9.17) is 21.6 Å². The lowest BCUT2D eigenvalue weighted by Gasteiger charge is -2.22. The zero-order valence-corrected chi connectivity index (χ0v) is 15.9. The normalized spacial score (nSPS) is 22.5. The van der Waals surface area contributed by atoms with Crippen LogP contribution in [0.1, 0.15) is 31.4 Å². The highest BCUT2D eigenvalue weighted by Gasteiger charge is 2.39. The minimum atomic E-state index is -0.494. The topological polar surface area (TPSA) is 99.9 Å². The first-order valence-corrected chi connectivity index (χ1v) is 9.71. The highest BCUT2D eigenvalue weighted by molar-refractivity contribution is 6.31. The molecule has 3 atom stereocenters. The number of nitriles is 1. The van der Waals surface area contributed by atoms with Gasteiger partial charge < -0.3 is 10.1 Å². The van der Waals surface area contributed by atoms with Crippen LogP contribution in [-0.2, 0) is 0 Å². The number of urea groups is 1. The summed E-state index contributed by atoms with van der Waals surface area (Å²) < 4.78 is 6.04. The molecule has 2 aromatic rings. The summed E-state index contributed by atoms with van der Waals surface area (Å²) in [7, 11) is 0. The molecular weight excluding hydrogens is 378 g/mol. The largest absolute Gasteiger partial charge is 0.491 e. The van der Waals surface area contributed by atoms with Crippen molar-refractivity contribution in [1.82, 2.24) is 9.97 Å². The van der Waals surface area contributed by atoms with Crippen molar-refractivity contribution >= 4 is 29.1 Å². The highest BCUT2D eigenvalue weighted by Crippen LogP contribution is 2.48. The second kappa shape index (κ2) is 8.03. The number of carbonyl (C=O) groups excluding carboxylic acids is 1. The number of hydrogen-bond acceptors (Lipinski definition) is 5. The van der Waals surface area contributed by atoms with Crippen molar-refractivity contribution in [1.29, 1.82) is 5.26 Å². The Morgan fingerprint density at radius 1 is 1.25 bits per heavy atom. The Morgan fingerprint density at radius 2 is 2.14 bits per heavy atom. The van der Waals surface area contributed by atoms with E-state index >= 15 is 0 Å². The number of nitrogens with one attached hydrogen (secondary N) is 2. The molecular formula is C20H20ClN5O2. The Morgan fingerprint density at radius 3 is 2.82 bits per heavy atom. The van der Waals surface area contributed by atoms with Crippen LogP contribution in [0.3, 0.4) is 0 Å². The van der Waals surface area contributed by atoms with Crippen LogP contribution >= 0.6 is 11.6 Å². The number of halogens is 1. The van der Waals surface area contributed by atoms with E-state index in [1.165, 1.54) is 38.1 Å². The van der Waals surface area contributed by atoms with E-state index in [0.29, 0.717) is 29.0 Å². The fourth-order valence-electron chi connectivity index (χ4n) is 4.22. The average Bonchev–Trinajstić information content (AvgIpc) is 3.31. The number of anilines is 2. The Hall–Kier alpha value is -2.85. The van der Waals surface area contributed by atoms with Gasteiger partial charge >= 0.3 is 6.03 Å². The first-order chi connectivity index (χ1) is 13.6. The molecule has 2 aliphatic rings. The number of amides is 2. The maximum absolute atomic E-state index is 12.3. The lowest BCUT2D eigenvalue weighted by Crippen LogP contribution is -2.22. The number of nitrogens with zero attached hydrogens (tertiary/aromatic N) is 3. The molecule has 2 aliphatic carbocycles. The van der Waals surface area contributed by atoms with Gasteiger partial charge in [0.05, 0.1) is 24.7 Å². The number of benzene rings is 1. The van der Waals surface area contributed by atoms with Gasteiger partial charge in [-0.05, 0) is 55.2 Å². The van der Waals surface area contributed by atoms with Gasteiger partial charge in [-0.1, -0.05) is 18.0 Å².